The molecule has 1 aliphatic carbocycles. The Labute approximate surface area is 109 Å². The van der Waals surface area contributed by atoms with E-state index in [0.717, 1.165) is 43.9 Å². The van der Waals surface area contributed by atoms with Gasteiger partial charge in [-0.3, -0.25) is 9.69 Å². The van der Waals surface area contributed by atoms with Gasteiger partial charge in [0.05, 0.1) is 6.54 Å². The zero-order chi connectivity index (χ0) is 13.0. The lowest BCUT2D eigenvalue weighted by atomic mass is 9.98. The standard InChI is InChI=1S/C15H23NO2/c1-12-8-9-14(18-12)11-16(2)10-13-6-4-3-5-7-15(13)17/h8-9,13H,3-7,10-11H2,1-2H3. The van der Waals surface area contributed by atoms with Crippen molar-refractivity contribution in [2.75, 3.05) is 13.6 Å². The van der Waals surface area contributed by atoms with Crippen LogP contribution in [0.5, 0.6) is 0 Å². The minimum absolute atomic E-state index is 0.230. The summed E-state index contributed by atoms with van der Waals surface area (Å²) in [7, 11) is 2.07. The fourth-order valence-corrected chi connectivity index (χ4v) is 2.70. The summed E-state index contributed by atoms with van der Waals surface area (Å²) in [5.41, 5.74) is 0. The number of aryl methyl sites for hydroxylation is 1. The quantitative estimate of drug-likeness (QED) is 0.768. The van der Waals surface area contributed by atoms with Crippen LogP contribution in [-0.4, -0.2) is 24.3 Å². The van der Waals surface area contributed by atoms with Crippen molar-refractivity contribution < 1.29 is 9.21 Å². The van der Waals surface area contributed by atoms with Gasteiger partial charge in [0.1, 0.15) is 17.3 Å². The number of hydrogen-bond donors (Lipinski definition) is 0. The first-order valence-electron chi connectivity index (χ1n) is 6.92. The van der Waals surface area contributed by atoms with E-state index in [1.165, 1.54) is 12.8 Å². The maximum atomic E-state index is 12.0. The zero-order valence-corrected chi connectivity index (χ0v) is 11.4. The minimum atomic E-state index is 0.230. The van der Waals surface area contributed by atoms with Crippen molar-refractivity contribution in [2.24, 2.45) is 5.92 Å². The smallest absolute Gasteiger partial charge is 0.137 e. The Bertz CT molecular complexity index is 397. The van der Waals surface area contributed by atoms with Crippen LogP contribution in [0.2, 0.25) is 0 Å². The summed E-state index contributed by atoms with van der Waals surface area (Å²) < 4.78 is 5.57. The number of carbonyl (C=O) groups is 1. The molecule has 1 fully saturated rings. The van der Waals surface area contributed by atoms with Crippen molar-refractivity contribution in [3.8, 4) is 0 Å². The van der Waals surface area contributed by atoms with Gasteiger partial charge in [0, 0.05) is 18.9 Å². The highest BCUT2D eigenvalue weighted by molar-refractivity contribution is 5.81. The molecule has 1 aromatic heterocycles. The molecule has 18 heavy (non-hydrogen) atoms. The van der Waals surface area contributed by atoms with Gasteiger partial charge in [0.2, 0.25) is 0 Å². The van der Waals surface area contributed by atoms with Gasteiger partial charge in [-0.2, -0.15) is 0 Å². The highest BCUT2D eigenvalue weighted by atomic mass is 16.3. The molecule has 0 aromatic carbocycles. The van der Waals surface area contributed by atoms with Crippen LogP contribution < -0.4 is 0 Å². The Kier molecular flexibility index (Phi) is 4.59. The highest BCUT2D eigenvalue weighted by Gasteiger charge is 2.22. The molecule has 3 heteroatoms. The molecule has 0 bridgehead atoms. The third-order valence-corrected chi connectivity index (χ3v) is 3.68. The van der Waals surface area contributed by atoms with Crippen LogP contribution in [0.15, 0.2) is 16.5 Å². The van der Waals surface area contributed by atoms with Crippen LogP contribution in [0.1, 0.15) is 43.6 Å². The third kappa shape index (κ3) is 3.70. The molecule has 1 saturated carbocycles. The molecule has 0 spiro atoms. The molecule has 1 atom stereocenters. The van der Waals surface area contributed by atoms with E-state index in [4.69, 9.17) is 4.42 Å². The number of ketones is 1. The first-order chi connectivity index (χ1) is 8.65. The van der Waals surface area contributed by atoms with E-state index < -0.39 is 0 Å². The van der Waals surface area contributed by atoms with Crippen LogP contribution >= 0.6 is 0 Å². The van der Waals surface area contributed by atoms with Gasteiger partial charge in [-0.15, -0.1) is 0 Å². The average molecular weight is 249 g/mol. The van der Waals surface area contributed by atoms with Crippen LogP contribution in [0, 0.1) is 12.8 Å². The van der Waals surface area contributed by atoms with E-state index >= 15 is 0 Å². The summed E-state index contributed by atoms with van der Waals surface area (Å²) >= 11 is 0. The van der Waals surface area contributed by atoms with Crippen molar-refractivity contribution in [3.63, 3.8) is 0 Å². The lowest BCUT2D eigenvalue weighted by Gasteiger charge is -2.21. The number of hydrogen-bond acceptors (Lipinski definition) is 3. The van der Waals surface area contributed by atoms with E-state index in [1.54, 1.807) is 0 Å². The average Bonchev–Trinajstić information content (AvgIpc) is 2.61. The van der Waals surface area contributed by atoms with Gasteiger partial charge in [-0.25, -0.2) is 0 Å². The molecule has 0 amide bonds. The first-order valence-corrected chi connectivity index (χ1v) is 6.92. The molecule has 1 aromatic rings. The zero-order valence-electron chi connectivity index (χ0n) is 11.4. The predicted octanol–water partition coefficient (Wildman–Crippen LogP) is 3.17. The molecule has 2 rings (SSSR count). The molecular formula is C15H23NO2. The third-order valence-electron chi connectivity index (χ3n) is 3.68. The van der Waals surface area contributed by atoms with Gasteiger partial charge >= 0.3 is 0 Å². The van der Waals surface area contributed by atoms with Gasteiger partial charge in [-0.05, 0) is 38.9 Å². The summed E-state index contributed by atoms with van der Waals surface area (Å²) in [4.78, 5) is 14.2. The largest absolute Gasteiger partial charge is 0.465 e. The van der Waals surface area contributed by atoms with Crippen molar-refractivity contribution in [3.05, 3.63) is 23.7 Å². The lowest BCUT2D eigenvalue weighted by molar-refractivity contribution is -0.123. The summed E-state index contributed by atoms with van der Waals surface area (Å²) in [5.74, 6) is 2.61. The van der Waals surface area contributed by atoms with Gasteiger partial charge in [0.15, 0.2) is 0 Å². The summed E-state index contributed by atoms with van der Waals surface area (Å²) in [6, 6.07) is 4.00. The molecular weight excluding hydrogens is 226 g/mol. The molecule has 0 aliphatic heterocycles. The Morgan fingerprint density at radius 2 is 2.17 bits per heavy atom. The molecule has 1 unspecified atom stereocenters. The second-order valence-electron chi connectivity index (χ2n) is 5.47. The Hall–Kier alpha value is -1.09. The lowest BCUT2D eigenvalue weighted by Crippen LogP contribution is -2.29. The van der Waals surface area contributed by atoms with Gasteiger partial charge in [0.25, 0.3) is 0 Å². The van der Waals surface area contributed by atoms with Crippen LogP contribution in [0.4, 0.5) is 0 Å². The molecule has 0 radical (unpaired) electrons. The van der Waals surface area contributed by atoms with E-state index in [0.29, 0.717) is 5.78 Å². The second kappa shape index (κ2) is 6.19. The van der Waals surface area contributed by atoms with Crippen molar-refractivity contribution in [1.82, 2.24) is 4.90 Å². The van der Waals surface area contributed by atoms with E-state index in [2.05, 4.69) is 11.9 Å². The maximum Gasteiger partial charge on any atom is 0.137 e. The first kappa shape index (κ1) is 13.3. The number of rotatable bonds is 4. The van der Waals surface area contributed by atoms with Gasteiger partial charge in [-0.1, -0.05) is 12.8 Å². The number of Topliss-reactive ketones (excluding diaryl/α,β-unsaturated/α-hetero) is 1. The normalized spacial score (nSPS) is 21.3. The van der Waals surface area contributed by atoms with Crippen LogP contribution in [-0.2, 0) is 11.3 Å². The Morgan fingerprint density at radius 3 is 2.89 bits per heavy atom. The van der Waals surface area contributed by atoms with Crippen LogP contribution in [0.3, 0.4) is 0 Å². The van der Waals surface area contributed by atoms with E-state index in [9.17, 15) is 4.79 Å². The number of nitrogens with zero attached hydrogens (tertiary/aromatic N) is 1. The van der Waals surface area contributed by atoms with Crippen molar-refractivity contribution in [1.29, 1.82) is 0 Å². The second-order valence-corrected chi connectivity index (χ2v) is 5.47. The molecule has 100 valence electrons. The van der Waals surface area contributed by atoms with E-state index in [-0.39, 0.29) is 5.92 Å². The number of carbonyl (C=O) groups excluding carboxylic acids is 1. The highest BCUT2D eigenvalue weighted by Crippen LogP contribution is 2.21. The fraction of sp³-hybridized carbons (Fsp3) is 0.667. The predicted molar refractivity (Wildman–Crippen MR) is 71.4 cm³/mol. The summed E-state index contributed by atoms with van der Waals surface area (Å²) in [6.45, 7) is 3.61. The topological polar surface area (TPSA) is 33.5 Å². The van der Waals surface area contributed by atoms with E-state index in [1.807, 2.05) is 19.1 Å². The monoisotopic (exact) mass is 249 g/mol. The molecule has 3 nitrogen and oxygen atoms in total. The Balaban J connectivity index is 1.85. The Morgan fingerprint density at radius 1 is 1.33 bits per heavy atom. The fourth-order valence-electron chi connectivity index (χ4n) is 2.70. The summed E-state index contributed by atoms with van der Waals surface area (Å²) in [5, 5.41) is 0. The molecule has 0 saturated heterocycles. The summed E-state index contributed by atoms with van der Waals surface area (Å²) in [6.07, 6.45) is 5.32. The van der Waals surface area contributed by atoms with Crippen molar-refractivity contribution in [2.45, 2.75) is 45.6 Å². The number of furan rings is 1. The molecule has 0 N–H and O–H groups in total. The minimum Gasteiger partial charge on any atom is -0.465 e. The van der Waals surface area contributed by atoms with Crippen molar-refractivity contribution >= 4 is 5.78 Å². The molecule has 1 heterocycles. The SMILES string of the molecule is Cc1ccc(CN(C)CC2CCCCCC2=O)o1. The maximum absolute atomic E-state index is 12.0. The van der Waals surface area contributed by atoms with Crippen LogP contribution in [0.25, 0.3) is 0 Å². The van der Waals surface area contributed by atoms with Gasteiger partial charge < -0.3 is 4.42 Å². The molecule has 1 aliphatic rings.